The fraction of sp³-hybridized carbons (Fsp3) is 0.750. The molecule has 2 nitrogen and oxygen atoms in total. The highest BCUT2D eigenvalue weighted by atomic mass is 19.1. The van der Waals surface area contributed by atoms with Crippen LogP contribution in [0, 0.1) is 11.8 Å². The van der Waals surface area contributed by atoms with E-state index in [-0.39, 0.29) is 11.8 Å². The summed E-state index contributed by atoms with van der Waals surface area (Å²) in [6.45, 7) is 6.28. The number of allylic oxidation sites excluding steroid dienone is 4. The van der Waals surface area contributed by atoms with E-state index in [1.54, 1.807) is 6.08 Å². The first-order valence-corrected chi connectivity index (χ1v) is 9.25. The number of rotatable bonds is 11. The van der Waals surface area contributed by atoms with Gasteiger partial charge >= 0.3 is 5.97 Å². The van der Waals surface area contributed by atoms with Crippen molar-refractivity contribution in [2.45, 2.75) is 78.6 Å². The van der Waals surface area contributed by atoms with Gasteiger partial charge in [0.2, 0.25) is 0 Å². The zero-order chi connectivity index (χ0) is 17.1. The maximum absolute atomic E-state index is 13.1. The van der Waals surface area contributed by atoms with Gasteiger partial charge in [-0.1, -0.05) is 44.3 Å². The molecule has 0 radical (unpaired) electrons. The molecule has 3 heteroatoms. The SMILES string of the molecule is CCOC(=O)CCCCCCC1CC(/C(C)=C/C=C(/F)CC)C1. The van der Waals surface area contributed by atoms with E-state index >= 15 is 0 Å². The third-order valence-electron chi connectivity index (χ3n) is 4.79. The van der Waals surface area contributed by atoms with Crippen LogP contribution in [0.4, 0.5) is 4.39 Å². The molecule has 1 rings (SSSR count). The Hall–Kier alpha value is -1.12. The Labute approximate surface area is 141 Å². The fourth-order valence-electron chi connectivity index (χ4n) is 3.11. The highest BCUT2D eigenvalue weighted by molar-refractivity contribution is 5.69. The number of hydrogen-bond acceptors (Lipinski definition) is 2. The molecular weight excluding hydrogens is 291 g/mol. The van der Waals surface area contributed by atoms with Gasteiger partial charge in [0.05, 0.1) is 12.4 Å². The van der Waals surface area contributed by atoms with E-state index in [4.69, 9.17) is 4.74 Å². The fourth-order valence-corrected chi connectivity index (χ4v) is 3.11. The lowest BCUT2D eigenvalue weighted by Gasteiger charge is -2.36. The molecular formula is C20H33FO2. The standard InChI is InChI=1S/C20H33FO2/c1-4-19(21)13-12-16(3)18-14-17(15-18)10-8-6-7-9-11-20(22)23-5-2/h12-13,17-18H,4-11,14-15H2,1-3H3/b16-12+,19-13+. The molecule has 1 fully saturated rings. The van der Waals surface area contributed by atoms with E-state index < -0.39 is 0 Å². The Morgan fingerprint density at radius 1 is 1.13 bits per heavy atom. The molecule has 0 amide bonds. The molecule has 0 aromatic heterocycles. The number of ether oxygens (including phenoxy) is 1. The van der Waals surface area contributed by atoms with Gasteiger partial charge in [0.15, 0.2) is 0 Å². The summed E-state index contributed by atoms with van der Waals surface area (Å²) in [6.07, 6.45) is 13.0. The maximum Gasteiger partial charge on any atom is 0.305 e. The molecule has 0 heterocycles. The molecule has 0 aromatic carbocycles. The molecule has 1 saturated carbocycles. The largest absolute Gasteiger partial charge is 0.466 e. The topological polar surface area (TPSA) is 26.3 Å². The number of esters is 1. The van der Waals surface area contributed by atoms with Crippen molar-refractivity contribution in [3.05, 3.63) is 23.6 Å². The normalized spacial score (nSPS) is 21.9. The van der Waals surface area contributed by atoms with Crippen LogP contribution in [0.5, 0.6) is 0 Å². The van der Waals surface area contributed by atoms with Gasteiger partial charge in [0, 0.05) is 6.42 Å². The minimum Gasteiger partial charge on any atom is -0.466 e. The van der Waals surface area contributed by atoms with Gasteiger partial charge < -0.3 is 4.74 Å². The van der Waals surface area contributed by atoms with Crippen molar-refractivity contribution in [3.63, 3.8) is 0 Å². The zero-order valence-electron chi connectivity index (χ0n) is 15.1. The van der Waals surface area contributed by atoms with Crippen molar-refractivity contribution in [2.24, 2.45) is 11.8 Å². The van der Waals surface area contributed by atoms with Crippen molar-refractivity contribution in [1.82, 2.24) is 0 Å². The second-order valence-electron chi connectivity index (χ2n) is 6.67. The summed E-state index contributed by atoms with van der Waals surface area (Å²) in [5.41, 5.74) is 1.32. The van der Waals surface area contributed by atoms with Crippen LogP contribution in [0.15, 0.2) is 23.6 Å². The van der Waals surface area contributed by atoms with Crippen molar-refractivity contribution in [3.8, 4) is 0 Å². The minimum atomic E-state index is -0.0647. The van der Waals surface area contributed by atoms with Crippen LogP contribution in [0.2, 0.25) is 0 Å². The van der Waals surface area contributed by atoms with Crippen LogP contribution < -0.4 is 0 Å². The third kappa shape index (κ3) is 8.34. The average molecular weight is 324 g/mol. The smallest absolute Gasteiger partial charge is 0.305 e. The van der Waals surface area contributed by atoms with E-state index in [1.807, 2.05) is 19.9 Å². The Bertz CT molecular complexity index is 406. The first-order chi connectivity index (χ1) is 11.1. The summed E-state index contributed by atoms with van der Waals surface area (Å²) in [5, 5.41) is 0. The van der Waals surface area contributed by atoms with Gasteiger partial charge in [-0.15, -0.1) is 0 Å². The number of carbonyl (C=O) groups excluding carboxylic acids is 1. The second kappa shape index (κ2) is 11.4. The Morgan fingerprint density at radius 2 is 1.83 bits per heavy atom. The van der Waals surface area contributed by atoms with E-state index in [0.29, 0.717) is 25.4 Å². The third-order valence-corrected chi connectivity index (χ3v) is 4.79. The summed E-state index contributed by atoms with van der Waals surface area (Å²) in [5.74, 6) is 1.39. The van der Waals surface area contributed by atoms with Crippen LogP contribution in [0.25, 0.3) is 0 Å². The van der Waals surface area contributed by atoms with Gasteiger partial charge in [-0.25, -0.2) is 4.39 Å². The highest BCUT2D eigenvalue weighted by Crippen LogP contribution is 2.41. The van der Waals surface area contributed by atoms with Crippen molar-refractivity contribution in [1.29, 1.82) is 0 Å². The molecule has 0 saturated heterocycles. The van der Waals surface area contributed by atoms with Crippen LogP contribution in [0.1, 0.15) is 78.6 Å². The van der Waals surface area contributed by atoms with Crippen molar-refractivity contribution < 1.29 is 13.9 Å². The Balaban J connectivity index is 2.03. The summed E-state index contributed by atoms with van der Waals surface area (Å²) < 4.78 is 18.0. The van der Waals surface area contributed by atoms with E-state index in [0.717, 1.165) is 18.8 Å². The molecule has 0 aliphatic heterocycles. The number of hydrogen-bond donors (Lipinski definition) is 0. The highest BCUT2D eigenvalue weighted by Gasteiger charge is 2.29. The maximum atomic E-state index is 13.1. The lowest BCUT2D eigenvalue weighted by Crippen LogP contribution is -2.24. The Morgan fingerprint density at radius 3 is 2.48 bits per heavy atom. The van der Waals surface area contributed by atoms with Gasteiger partial charge in [-0.3, -0.25) is 4.79 Å². The molecule has 0 atom stereocenters. The predicted molar refractivity (Wildman–Crippen MR) is 93.8 cm³/mol. The molecule has 23 heavy (non-hydrogen) atoms. The van der Waals surface area contributed by atoms with Gasteiger partial charge in [-0.05, 0) is 57.4 Å². The number of unbranched alkanes of at least 4 members (excludes halogenated alkanes) is 3. The molecule has 0 bridgehead atoms. The first kappa shape index (κ1) is 19.9. The van der Waals surface area contributed by atoms with Gasteiger partial charge in [-0.2, -0.15) is 0 Å². The van der Waals surface area contributed by atoms with Gasteiger partial charge in [0.25, 0.3) is 0 Å². The number of halogens is 1. The number of carbonyl (C=O) groups is 1. The van der Waals surface area contributed by atoms with Crippen LogP contribution >= 0.6 is 0 Å². The van der Waals surface area contributed by atoms with E-state index in [9.17, 15) is 9.18 Å². The van der Waals surface area contributed by atoms with Gasteiger partial charge in [0.1, 0.15) is 0 Å². The summed E-state index contributed by atoms with van der Waals surface area (Å²) in [6, 6.07) is 0. The summed E-state index contributed by atoms with van der Waals surface area (Å²) >= 11 is 0. The summed E-state index contributed by atoms with van der Waals surface area (Å²) in [7, 11) is 0. The monoisotopic (exact) mass is 324 g/mol. The van der Waals surface area contributed by atoms with E-state index in [2.05, 4.69) is 6.92 Å². The average Bonchev–Trinajstić information content (AvgIpc) is 2.49. The molecule has 0 spiro atoms. The van der Waals surface area contributed by atoms with Crippen molar-refractivity contribution in [2.75, 3.05) is 6.61 Å². The molecule has 132 valence electrons. The second-order valence-corrected chi connectivity index (χ2v) is 6.67. The lowest BCUT2D eigenvalue weighted by molar-refractivity contribution is -0.143. The quantitative estimate of drug-likeness (QED) is 0.260. The van der Waals surface area contributed by atoms with Crippen LogP contribution in [-0.2, 0) is 9.53 Å². The molecule has 0 aromatic rings. The first-order valence-electron chi connectivity index (χ1n) is 9.25. The Kier molecular flexibility index (Phi) is 9.89. The zero-order valence-corrected chi connectivity index (χ0v) is 15.1. The minimum absolute atomic E-state index is 0.0389. The molecule has 1 aliphatic rings. The molecule has 0 unspecified atom stereocenters. The van der Waals surface area contributed by atoms with Crippen LogP contribution in [-0.4, -0.2) is 12.6 Å². The predicted octanol–water partition coefficient (Wildman–Crippen LogP) is 6.13. The van der Waals surface area contributed by atoms with Crippen LogP contribution in [0.3, 0.4) is 0 Å². The molecule has 1 aliphatic carbocycles. The molecule has 0 N–H and O–H groups in total. The van der Waals surface area contributed by atoms with E-state index in [1.165, 1.54) is 37.7 Å². The lowest BCUT2D eigenvalue weighted by atomic mass is 9.69. The summed E-state index contributed by atoms with van der Waals surface area (Å²) in [4.78, 5) is 11.2. The van der Waals surface area contributed by atoms with Crippen molar-refractivity contribution >= 4 is 5.97 Å².